The fourth-order valence-corrected chi connectivity index (χ4v) is 2.03. The minimum atomic E-state index is -0.418. The molecule has 0 amide bonds. The van der Waals surface area contributed by atoms with Crippen LogP contribution in [0.5, 0.6) is 0 Å². The summed E-state index contributed by atoms with van der Waals surface area (Å²) in [5.74, 6) is -0.523. The molecule has 2 aromatic carbocycles. The Morgan fingerprint density at radius 1 is 1.11 bits per heavy atom. The number of ketones is 1. The first kappa shape index (κ1) is 13.1. The third-order valence-electron chi connectivity index (χ3n) is 2.51. The van der Waals surface area contributed by atoms with Crippen molar-refractivity contribution in [3.63, 3.8) is 0 Å². The van der Waals surface area contributed by atoms with Gasteiger partial charge in [0.15, 0.2) is 5.78 Å². The number of benzene rings is 2. The van der Waals surface area contributed by atoms with Crippen LogP contribution < -0.4 is 0 Å². The molecule has 0 aliphatic carbocycles. The van der Waals surface area contributed by atoms with Gasteiger partial charge < -0.3 is 0 Å². The van der Waals surface area contributed by atoms with E-state index in [1.807, 2.05) is 0 Å². The number of carbonyl (C=O) groups is 1. The number of Topliss-reactive ketones (excluding diaryl/α,β-unsaturated/α-hetero) is 1. The van der Waals surface area contributed by atoms with E-state index in [4.69, 9.17) is 23.2 Å². The average molecular weight is 283 g/mol. The Morgan fingerprint density at radius 3 is 2.56 bits per heavy atom. The Hall–Kier alpha value is -1.38. The monoisotopic (exact) mass is 282 g/mol. The van der Waals surface area contributed by atoms with E-state index < -0.39 is 5.82 Å². The van der Waals surface area contributed by atoms with Gasteiger partial charge in [-0.1, -0.05) is 41.4 Å². The minimum Gasteiger partial charge on any atom is -0.294 e. The van der Waals surface area contributed by atoms with Crippen molar-refractivity contribution in [2.24, 2.45) is 0 Å². The number of rotatable bonds is 3. The Balaban J connectivity index is 2.21. The average Bonchev–Trinajstić information content (AvgIpc) is 2.32. The summed E-state index contributed by atoms with van der Waals surface area (Å²) in [6.07, 6.45) is 0.124. The predicted octanol–water partition coefficient (Wildman–Crippen LogP) is 4.56. The van der Waals surface area contributed by atoms with Crippen LogP contribution >= 0.6 is 23.2 Å². The van der Waals surface area contributed by atoms with E-state index in [2.05, 4.69) is 0 Å². The molecule has 4 heteroatoms. The minimum absolute atomic E-state index is 0.106. The van der Waals surface area contributed by atoms with Crippen LogP contribution in [0.3, 0.4) is 0 Å². The zero-order chi connectivity index (χ0) is 13.1. The molecule has 0 unspecified atom stereocenters. The highest BCUT2D eigenvalue weighted by Crippen LogP contribution is 2.20. The number of carbonyl (C=O) groups excluding carboxylic acids is 1. The highest BCUT2D eigenvalue weighted by Gasteiger charge is 2.10. The van der Waals surface area contributed by atoms with E-state index in [1.165, 1.54) is 18.2 Å². The van der Waals surface area contributed by atoms with Gasteiger partial charge in [-0.3, -0.25) is 4.79 Å². The molecule has 0 fully saturated rings. The van der Waals surface area contributed by atoms with Gasteiger partial charge in [-0.25, -0.2) is 4.39 Å². The first-order valence-electron chi connectivity index (χ1n) is 5.29. The lowest BCUT2D eigenvalue weighted by molar-refractivity contribution is 0.0993. The Bertz CT molecular complexity index is 596. The van der Waals surface area contributed by atoms with Crippen molar-refractivity contribution in [1.82, 2.24) is 0 Å². The van der Waals surface area contributed by atoms with Gasteiger partial charge in [-0.15, -0.1) is 0 Å². The van der Waals surface area contributed by atoms with Crippen molar-refractivity contribution in [3.05, 3.63) is 69.5 Å². The van der Waals surface area contributed by atoms with Crippen LogP contribution in [0.4, 0.5) is 4.39 Å². The molecule has 2 rings (SSSR count). The third kappa shape index (κ3) is 3.09. The molecule has 0 saturated carbocycles. The molecule has 0 aliphatic heterocycles. The summed E-state index contributed by atoms with van der Waals surface area (Å²) >= 11 is 11.7. The summed E-state index contributed by atoms with van der Waals surface area (Å²) in [6, 6.07) is 10.7. The Labute approximate surface area is 114 Å². The maximum absolute atomic E-state index is 12.9. The van der Waals surface area contributed by atoms with E-state index in [-0.39, 0.29) is 17.2 Å². The second-order valence-corrected chi connectivity index (χ2v) is 4.69. The Kier molecular flexibility index (Phi) is 4.00. The lowest BCUT2D eigenvalue weighted by Gasteiger charge is -2.04. The quantitative estimate of drug-likeness (QED) is 0.755. The number of hydrogen-bond donors (Lipinski definition) is 0. The van der Waals surface area contributed by atoms with Gasteiger partial charge in [0.05, 0.1) is 0 Å². The fourth-order valence-electron chi connectivity index (χ4n) is 1.60. The first-order chi connectivity index (χ1) is 8.56. The molecular formula is C14H9Cl2FO. The smallest absolute Gasteiger partial charge is 0.167 e. The molecule has 0 heterocycles. The molecule has 0 N–H and O–H groups in total. The molecule has 1 nitrogen and oxygen atoms in total. The van der Waals surface area contributed by atoms with Crippen LogP contribution in [0.2, 0.25) is 10.0 Å². The maximum Gasteiger partial charge on any atom is 0.167 e. The highest BCUT2D eigenvalue weighted by atomic mass is 35.5. The van der Waals surface area contributed by atoms with Crippen molar-refractivity contribution < 1.29 is 9.18 Å². The van der Waals surface area contributed by atoms with Gasteiger partial charge in [-0.2, -0.15) is 0 Å². The SMILES string of the molecule is O=C(Cc1ccc(F)cc1Cl)c1cccc(Cl)c1. The molecule has 0 aromatic heterocycles. The summed E-state index contributed by atoms with van der Waals surface area (Å²) in [5.41, 5.74) is 1.12. The van der Waals surface area contributed by atoms with E-state index >= 15 is 0 Å². The van der Waals surface area contributed by atoms with Gasteiger partial charge >= 0.3 is 0 Å². The van der Waals surface area contributed by atoms with Crippen LogP contribution in [-0.2, 0) is 6.42 Å². The summed E-state index contributed by atoms with van der Waals surface area (Å²) in [4.78, 5) is 12.0. The van der Waals surface area contributed by atoms with E-state index in [1.54, 1.807) is 24.3 Å². The molecule has 18 heavy (non-hydrogen) atoms. The van der Waals surface area contributed by atoms with Crippen LogP contribution in [0, 0.1) is 5.82 Å². The Morgan fingerprint density at radius 2 is 1.89 bits per heavy atom. The molecule has 0 spiro atoms. The molecule has 2 aromatic rings. The van der Waals surface area contributed by atoms with Crippen LogP contribution in [-0.4, -0.2) is 5.78 Å². The van der Waals surface area contributed by atoms with Crippen molar-refractivity contribution in [3.8, 4) is 0 Å². The van der Waals surface area contributed by atoms with E-state index in [9.17, 15) is 9.18 Å². The zero-order valence-corrected chi connectivity index (χ0v) is 10.8. The molecule has 0 bridgehead atoms. The van der Waals surface area contributed by atoms with Gasteiger partial charge in [0, 0.05) is 22.0 Å². The summed E-state index contributed by atoms with van der Waals surface area (Å²) in [6.45, 7) is 0. The van der Waals surface area contributed by atoms with Crippen molar-refractivity contribution in [2.75, 3.05) is 0 Å². The standard InChI is InChI=1S/C14H9Cl2FO/c15-11-3-1-2-10(6-11)14(18)7-9-4-5-12(17)8-13(9)16/h1-6,8H,7H2. The first-order valence-corrected chi connectivity index (χ1v) is 6.04. The van der Waals surface area contributed by atoms with E-state index in [0.717, 1.165) is 0 Å². The molecule has 0 aliphatic rings. The molecule has 0 atom stereocenters. The largest absolute Gasteiger partial charge is 0.294 e. The van der Waals surface area contributed by atoms with Gasteiger partial charge in [-0.05, 0) is 29.8 Å². The van der Waals surface area contributed by atoms with Crippen LogP contribution in [0.25, 0.3) is 0 Å². The van der Waals surface area contributed by atoms with Gasteiger partial charge in [0.2, 0.25) is 0 Å². The van der Waals surface area contributed by atoms with Crippen molar-refractivity contribution >= 4 is 29.0 Å². The maximum atomic E-state index is 12.9. The van der Waals surface area contributed by atoms with Crippen molar-refractivity contribution in [2.45, 2.75) is 6.42 Å². The predicted molar refractivity (Wildman–Crippen MR) is 70.9 cm³/mol. The highest BCUT2D eigenvalue weighted by molar-refractivity contribution is 6.32. The molecule has 92 valence electrons. The van der Waals surface area contributed by atoms with Crippen LogP contribution in [0.15, 0.2) is 42.5 Å². The molecule has 0 radical (unpaired) electrons. The lowest BCUT2D eigenvalue weighted by Crippen LogP contribution is -2.04. The van der Waals surface area contributed by atoms with Gasteiger partial charge in [0.1, 0.15) is 5.82 Å². The summed E-state index contributed by atoms with van der Waals surface area (Å²) in [7, 11) is 0. The van der Waals surface area contributed by atoms with Crippen LogP contribution in [0.1, 0.15) is 15.9 Å². The number of halogens is 3. The second-order valence-electron chi connectivity index (χ2n) is 3.85. The van der Waals surface area contributed by atoms with E-state index in [0.29, 0.717) is 16.1 Å². The molecular weight excluding hydrogens is 274 g/mol. The normalized spacial score (nSPS) is 10.4. The summed E-state index contributed by atoms with van der Waals surface area (Å²) in [5, 5.41) is 0.761. The fraction of sp³-hybridized carbons (Fsp3) is 0.0714. The summed E-state index contributed by atoms with van der Waals surface area (Å²) < 4.78 is 12.9. The third-order valence-corrected chi connectivity index (χ3v) is 3.10. The zero-order valence-electron chi connectivity index (χ0n) is 9.29. The molecule has 0 saturated heterocycles. The number of hydrogen-bond acceptors (Lipinski definition) is 1. The topological polar surface area (TPSA) is 17.1 Å². The van der Waals surface area contributed by atoms with Gasteiger partial charge in [0.25, 0.3) is 0 Å². The van der Waals surface area contributed by atoms with Crippen molar-refractivity contribution in [1.29, 1.82) is 0 Å². The second kappa shape index (κ2) is 5.51. The lowest BCUT2D eigenvalue weighted by atomic mass is 10.0.